The van der Waals surface area contributed by atoms with Gasteiger partial charge in [0.1, 0.15) is 11.6 Å². The molecule has 0 amide bonds. The molecular weight excluding hydrogens is 216 g/mol. The van der Waals surface area contributed by atoms with Crippen LogP contribution in [0.4, 0.5) is 5.82 Å². The maximum Gasteiger partial charge on any atom is 0.136 e. The van der Waals surface area contributed by atoms with Gasteiger partial charge in [0.2, 0.25) is 0 Å². The molecule has 2 heterocycles. The molecule has 0 aliphatic carbocycles. The van der Waals surface area contributed by atoms with Crippen LogP contribution in [0.2, 0.25) is 0 Å². The number of rotatable bonds is 2. The summed E-state index contributed by atoms with van der Waals surface area (Å²) in [5.41, 5.74) is 8.66. The van der Waals surface area contributed by atoms with Crippen LogP contribution in [-0.2, 0) is 0 Å². The highest BCUT2D eigenvalue weighted by Gasteiger charge is 2.13. The number of benzene rings is 1. The van der Waals surface area contributed by atoms with E-state index in [0.717, 1.165) is 27.8 Å². The van der Waals surface area contributed by atoms with Gasteiger partial charge in [-0.2, -0.15) is 5.10 Å². The topological polar surface area (TPSA) is 79.7 Å². The number of hydrogen-bond acceptors (Lipinski definition) is 3. The number of nitrogens with zero attached hydrogens (tertiary/aromatic N) is 1. The highest BCUT2D eigenvalue weighted by Crippen LogP contribution is 2.37. The average Bonchev–Trinajstić information content (AvgIpc) is 2.95. The lowest BCUT2D eigenvalue weighted by Crippen LogP contribution is -1.92. The van der Waals surface area contributed by atoms with E-state index in [2.05, 4.69) is 15.2 Å². The first-order valence-electron chi connectivity index (χ1n) is 5.24. The van der Waals surface area contributed by atoms with Crippen molar-refractivity contribution in [3.63, 3.8) is 0 Å². The Kier molecular flexibility index (Phi) is 2.04. The van der Waals surface area contributed by atoms with E-state index >= 15 is 0 Å². The Bertz CT molecular complexity index is 668. The minimum absolute atomic E-state index is 0.540. The number of H-pyrrole nitrogens is 2. The van der Waals surface area contributed by atoms with Gasteiger partial charge in [-0.15, -0.1) is 0 Å². The summed E-state index contributed by atoms with van der Waals surface area (Å²) in [6, 6.07) is 5.95. The molecule has 0 atom stereocenters. The van der Waals surface area contributed by atoms with Gasteiger partial charge >= 0.3 is 0 Å². The fourth-order valence-electron chi connectivity index (χ4n) is 2.05. The van der Waals surface area contributed by atoms with E-state index in [1.807, 2.05) is 24.4 Å². The molecule has 0 saturated heterocycles. The molecule has 0 aliphatic rings. The Labute approximate surface area is 97.6 Å². The van der Waals surface area contributed by atoms with Crippen molar-refractivity contribution in [2.75, 3.05) is 12.8 Å². The maximum absolute atomic E-state index is 5.83. The maximum atomic E-state index is 5.83. The van der Waals surface area contributed by atoms with E-state index in [1.165, 1.54) is 0 Å². The minimum atomic E-state index is 0.540. The molecule has 5 heteroatoms. The Morgan fingerprint density at radius 1 is 1.24 bits per heavy atom. The summed E-state index contributed by atoms with van der Waals surface area (Å²) in [4.78, 5) is 3.15. The Hall–Kier alpha value is -2.43. The van der Waals surface area contributed by atoms with Gasteiger partial charge < -0.3 is 15.5 Å². The van der Waals surface area contributed by atoms with Crippen molar-refractivity contribution < 1.29 is 4.74 Å². The molecule has 86 valence electrons. The molecule has 4 N–H and O–H groups in total. The van der Waals surface area contributed by atoms with Crippen LogP contribution in [0.25, 0.3) is 22.0 Å². The molecule has 3 rings (SSSR count). The molecule has 0 radical (unpaired) electrons. The molecule has 0 unspecified atom stereocenters. The standard InChI is InChI=1S/C12H12N4O/c1-17-11-7(9-6-15-16-12(9)13)2-3-10-8(11)4-5-14-10/h2-6,14H,1H3,(H3,13,15,16). The quantitative estimate of drug-likeness (QED) is 0.628. The molecule has 0 spiro atoms. The van der Waals surface area contributed by atoms with Crippen LogP contribution in [0, 0.1) is 0 Å². The number of ether oxygens (including phenoxy) is 1. The van der Waals surface area contributed by atoms with Gasteiger partial charge in [0.05, 0.1) is 13.3 Å². The molecule has 17 heavy (non-hydrogen) atoms. The van der Waals surface area contributed by atoms with Crippen molar-refractivity contribution in [2.24, 2.45) is 0 Å². The van der Waals surface area contributed by atoms with Crippen molar-refractivity contribution in [3.8, 4) is 16.9 Å². The monoisotopic (exact) mass is 228 g/mol. The summed E-state index contributed by atoms with van der Waals surface area (Å²) in [6.07, 6.45) is 3.58. The largest absolute Gasteiger partial charge is 0.495 e. The zero-order chi connectivity index (χ0) is 11.8. The summed E-state index contributed by atoms with van der Waals surface area (Å²) in [6.45, 7) is 0. The lowest BCUT2D eigenvalue weighted by Gasteiger charge is -2.08. The highest BCUT2D eigenvalue weighted by atomic mass is 16.5. The fourth-order valence-corrected chi connectivity index (χ4v) is 2.05. The molecule has 3 aromatic rings. The minimum Gasteiger partial charge on any atom is -0.495 e. The van der Waals surface area contributed by atoms with Crippen molar-refractivity contribution in [3.05, 3.63) is 30.6 Å². The van der Waals surface area contributed by atoms with Crippen LogP contribution in [-0.4, -0.2) is 22.3 Å². The molecule has 0 fully saturated rings. The fraction of sp³-hybridized carbons (Fsp3) is 0.0833. The van der Waals surface area contributed by atoms with E-state index in [9.17, 15) is 0 Å². The highest BCUT2D eigenvalue weighted by molar-refractivity contribution is 5.95. The zero-order valence-electron chi connectivity index (χ0n) is 9.32. The smallest absolute Gasteiger partial charge is 0.136 e. The number of nitrogens with one attached hydrogen (secondary N) is 2. The normalized spacial score (nSPS) is 10.9. The van der Waals surface area contributed by atoms with Gasteiger partial charge in [-0.25, -0.2) is 0 Å². The number of aromatic amines is 2. The first-order valence-corrected chi connectivity index (χ1v) is 5.24. The van der Waals surface area contributed by atoms with Crippen LogP contribution in [0.1, 0.15) is 0 Å². The van der Waals surface area contributed by atoms with Crippen molar-refractivity contribution in [1.82, 2.24) is 15.2 Å². The number of hydrogen-bond donors (Lipinski definition) is 3. The van der Waals surface area contributed by atoms with Crippen LogP contribution < -0.4 is 10.5 Å². The molecular formula is C12H12N4O. The average molecular weight is 228 g/mol. The van der Waals surface area contributed by atoms with Crippen LogP contribution in [0.3, 0.4) is 0 Å². The molecule has 0 aliphatic heterocycles. The van der Waals surface area contributed by atoms with Crippen LogP contribution >= 0.6 is 0 Å². The predicted octanol–water partition coefficient (Wildman–Crippen LogP) is 2.15. The lowest BCUT2D eigenvalue weighted by molar-refractivity contribution is 0.421. The van der Waals surface area contributed by atoms with Gasteiger partial charge in [0.25, 0.3) is 0 Å². The van der Waals surface area contributed by atoms with Crippen LogP contribution in [0.5, 0.6) is 5.75 Å². The molecule has 0 bridgehead atoms. The number of nitrogen functional groups attached to an aromatic ring is 1. The molecule has 0 saturated carbocycles. The Balaban J connectivity index is 2.33. The SMILES string of the molecule is COc1c(-c2cn[nH]c2N)ccc2[nH]ccc12. The summed E-state index contributed by atoms with van der Waals surface area (Å²) in [5.74, 6) is 1.34. The summed E-state index contributed by atoms with van der Waals surface area (Å²) in [7, 11) is 1.65. The van der Waals surface area contributed by atoms with E-state index < -0.39 is 0 Å². The molecule has 1 aromatic carbocycles. The van der Waals surface area contributed by atoms with Crippen molar-refractivity contribution in [1.29, 1.82) is 0 Å². The van der Waals surface area contributed by atoms with E-state index in [-0.39, 0.29) is 0 Å². The van der Waals surface area contributed by atoms with Crippen molar-refractivity contribution >= 4 is 16.7 Å². The second-order valence-corrected chi connectivity index (χ2v) is 3.78. The summed E-state index contributed by atoms with van der Waals surface area (Å²) in [5, 5.41) is 7.69. The number of aromatic nitrogens is 3. The second kappa shape index (κ2) is 3.55. The van der Waals surface area contributed by atoms with Gasteiger partial charge in [-0.05, 0) is 18.2 Å². The van der Waals surface area contributed by atoms with Gasteiger partial charge in [-0.3, -0.25) is 5.10 Å². The number of fused-ring (bicyclic) bond motifs is 1. The third-order valence-corrected chi connectivity index (χ3v) is 2.85. The number of methoxy groups -OCH3 is 1. The third-order valence-electron chi connectivity index (χ3n) is 2.85. The third kappa shape index (κ3) is 1.36. The Morgan fingerprint density at radius 3 is 2.82 bits per heavy atom. The first kappa shape index (κ1) is 9.77. The second-order valence-electron chi connectivity index (χ2n) is 3.78. The summed E-state index contributed by atoms with van der Waals surface area (Å²) >= 11 is 0. The van der Waals surface area contributed by atoms with Crippen molar-refractivity contribution in [2.45, 2.75) is 0 Å². The van der Waals surface area contributed by atoms with E-state index in [1.54, 1.807) is 13.3 Å². The van der Waals surface area contributed by atoms with E-state index in [0.29, 0.717) is 5.82 Å². The lowest BCUT2D eigenvalue weighted by atomic mass is 10.0. The van der Waals surface area contributed by atoms with Gasteiger partial charge in [0.15, 0.2) is 0 Å². The van der Waals surface area contributed by atoms with Crippen LogP contribution in [0.15, 0.2) is 30.6 Å². The molecule has 5 nitrogen and oxygen atoms in total. The zero-order valence-corrected chi connectivity index (χ0v) is 9.32. The first-order chi connectivity index (χ1) is 8.31. The summed E-state index contributed by atoms with van der Waals surface area (Å²) < 4.78 is 5.48. The number of nitrogens with two attached hydrogens (primary N) is 1. The van der Waals surface area contributed by atoms with E-state index in [4.69, 9.17) is 10.5 Å². The predicted molar refractivity (Wildman–Crippen MR) is 66.8 cm³/mol. The van der Waals surface area contributed by atoms with Gasteiger partial charge in [0, 0.05) is 28.2 Å². The number of anilines is 1. The molecule has 2 aromatic heterocycles. The van der Waals surface area contributed by atoms with Gasteiger partial charge in [-0.1, -0.05) is 0 Å². The Morgan fingerprint density at radius 2 is 2.12 bits per heavy atom.